The van der Waals surface area contributed by atoms with Crippen LogP contribution in [0.1, 0.15) is 59.6 Å². The number of carbonyl (C=O) groups is 1. The van der Waals surface area contributed by atoms with Crippen LogP contribution in [0, 0.1) is 23.8 Å². The molecule has 12 heteroatoms. The van der Waals surface area contributed by atoms with Gasteiger partial charge in [0.15, 0.2) is 11.8 Å². The fraction of sp³-hybridized carbons (Fsp3) is 0.372. The number of rotatable bonds is 15. The molecule has 2 fully saturated rings. The first-order chi connectivity index (χ1) is 26.7. The minimum atomic E-state index is -1.37. The molecule has 0 bridgehead atoms. The van der Waals surface area contributed by atoms with Gasteiger partial charge in [-0.25, -0.2) is 9.24 Å². The van der Waals surface area contributed by atoms with Crippen molar-refractivity contribution >= 4 is 34.7 Å². The quantitative estimate of drug-likeness (QED) is 0.0913. The van der Waals surface area contributed by atoms with Gasteiger partial charge in [-0.05, 0) is 77.9 Å². The molecule has 2 N–H and O–H groups in total. The zero-order valence-corrected chi connectivity index (χ0v) is 31.7. The first kappa shape index (κ1) is 38.6. The Morgan fingerprint density at radius 3 is 2.60 bits per heavy atom. The molecule has 1 heterocycles. The SMILES string of the molecule is [C-]#[N+]c1cc(C#N)cc(COc2cc(O[C@@H]3c4cccc(-c5cccc(OCCCN6CC(O)C6)c5Cl)c4C[C@@H]3F)c(Cl)cc2CNC[C@@H]2CCC(=O)C2)c1. The molecule has 0 aromatic heterocycles. The topological polar surface area (TPSA) is 108 Å². The van der Waals surface area contributed by atoms with Crippen LogP contribution in [0.4, 0.5) is 10.1 Å². The van der Waals surface area contributed by atoms with Crippen LogP contribution in [0.15, 0.2) is 66.7 Å². The second-order valence-corrected chi connectivity index (χ2v) is 15.2. The van der Waals surface area contributed by atoms with E-state index in [0.29, 0.717) is 84.5 Å². The van der Waals surface area contributed by atoms with Gasteiger partial charge in [0.2, 0.25) is 0 Å². The molecule has 0 spiro atoms. The lowest BCUT2D eigenvalue weighted by atomic mass is 9.96. The average molecular weight is 784 g/mol. The lowest BCUT2D eigenvalue weighted by molar-refractivity contribution is -0.117. The minimum absolute atomic E-state index is 0.0662. The number of β-amino-alcohol motifs (C(OH)–C–C–N with tert-alkyl or cyclic N) is 1. The molecule has 0 unspecified atom stereocenters. The molecule has 3 aliphatic rings. The molecule has 0 amide bonds. The van der Waals surface area contributed by atoms with Crippen molar-refractivity contribution in [3.05, 3.63) is 116 Å². The fourth-order valence-electron chi connectivity index (χ4n) is 7.61. The van der Waals surface area contributed by atoms with Crippen LogP contribution >= 0.6 is 23.2 Å². The number of halogens is 3. The van der Waals surface area contributed by atoms with E-state index in [4.69, 9.17) is 44.0 Å². The summed E-state index contributed by atoms with van der Waals surface area (Å²) in [4.78, 5) is 17.5. The van der Waals surface area contributed by atoms with Gasteiger partial charge in [-0.3, -0.25) is 9.69 Å². The van der Waals surface area contributed by atoms with Gasteiger partial charge >= 0.3 is 0 Å². The highest BCUT2D eigenvalue weighted by atomic mass is 35.5. The number of Topliss-reactive ketones (excluding diaryl/α,β-unsaturated/α-hetero) is 1. The number of benzene rings is 4. The first-order valence-electron chi connectivity index (χ1n) is 18.5. The molecule has 1 saturated heterocycles. The summed E-state index contributed by atoms with van der Waals surface area (Å²) in [5.41, 5.74) is 5.10. The second kappa shape index (κ2) is 17.4. The van der Waals surface area contributed by atoms with E-state index in [-0.39, 0.29) is 41.6 Å². The number of aliphatic hydroxyl groups excluding tert-OH is 1. The number of hydrogen-bond acceptors (Lipinski definition) is 8. The fourth-order valence-corrected chi connectivity index (χ4v) is 8.12. The number of alkyl halides is 1. The number of likely N-dealkylation sites (tertiary alicyclic amines) is 1. The highest BCUT2D eigenvalue weighted by Gasteiger charge is 2.37. The van der Waals surface area contributed by atoms with E-state index in [2.05, 4.69) is 21.1 Å². The number of aliphatic hydroxyl groups is 1. The highest BCUT2D eigenvalue weighted by molar-refractivity contribution is 6.35. The molecule has 4 aromatic carbocycles. The number of nitriles is 1. The van der Waals surface area contributed by atoms with Crippen molar-refractivity contribution in [2.75, 3.05) is 32.8 Å². The van der Waals surface area contributed by atoms with Crippen LogP contribution in [-0.4, -0.2) is 60.9 Å². The maximum Gasteiger partial charge on any atom is 0.188 e. The molecule has 55 heavy (non-hydrogen) atoms. The lowest BCUT2D eigenvalue weighted by Crippen LogP contribution is -2.50. The van der Waals surface area contributed by atoms with Gasteiger partial charge in [0.1, 0.15) is 35.8 Å². The monoisotopic (exact) mass is 782 g/mol. The molecule has 9 nitrogen and oxygen atoms in total. The summed E-state index contributed by atoms with van der Waals surface area (Å²) in [6.07, 6.45) is 0.380. The number of ketones is 1. The molecule has 2 aliphatic carbocycles. The van der Waals surface area contributed by atoms with Crippen molar-refractivity contribution in [1.82, 2.24) is 10.2 Å². The van der Waals surface area contributed by atoms with Crippen LogP contribution in [0.5, 0.6) is 17.2 Å². The van der Waals surface area contributed by atoms with Crippen molar-refractivity contribution in [2.45, 2.75) is 63.6 Å². The van der Waals surface area contributed by atoms with Gasteiger partial charge in [0.25, 0.3) is 0 Å². The molecule has 1 saturated carbocycles. The summed E-state index contributed by atoms with van der Waals surface area (Å²) in [5.74, 6) is 1.81. The van der Waals surface area contributed by atoms with E-state index in [1.807, 2.05) is 36.4 Å². The lowest BCUT2D eigenvalue weighted by Gasteiger charge is -2.35. The van der Waals surface area contributed by atoms with E-state index in [0.717, 1.165) is 41.6 Å². The molecule has 4 aromatic rings. The van der Waals surface area contributed by atoms with Crippen molar-refractivity contribution < 1.29 is 28.5 Å². The Balaban J connectivity index is 1.11. The number of nitrogens with one attached hydrogen (secondary N) is 1. The Morgan fingerprint density at radius 1 is 1.02 bits per heavy atom. The van der Waals surface area contributed by atoms with Gasteiger partial charge in [-0.1, -0.05) is 53.5 Å². The molecular weight excluding hydrogens is 742 g/mol. The van der Waals surface area contributed by atoms with Crippen molar-refractivity contribution in [3.8, 4) is 34.4 Å². The normalized spacial score (nSPS) is 19.4. The Hall–Kier alpha value is -4.68. The Labute approximate surface area is 330 Å². The van der Waals surface area contributed by atoms with Gasteiger partial charge < -0.3 is 24.6 Å². The third-order valence-electron chi connectivity index (χ3n) is 10.4. The number of ether oxygens (including phenoxy) is 3. The van der Waals surface area contributed by atoms with Crippen LogP contribution in [0.2, 0.25) is 10.0 Å². The Morgan fingerprint density at radius 2 is 1.84 bits per heavy atom. The van der Waals surface area contributed by atoms with E-state index in [1.165, 1.54) is 6.07 Å². The second-order valence-electron chi connectivity index (χ2n) is 14.4. The van der Waals surface area contributed by atoms with Crippen LogP contribution < -0.4 is 19.5 Å². The molecule has 7 rings (SSSR count). The summed E-state index contributed by atoms with van der Waals surface area (Å²) < 4.78 is 34.8. The zero-order valence-electron chi connectivity index (χ0n) is 30.2. The molecule has 1 aliphatic heterocycles. The number of nitrogens with zero attached hydrogens (tertiary/aromatic N) is 3. The van der Waals surface area contributed by atoms with Crippen LogP contribution in [-0.2, 0) is 24.4 Å². The smallest absolute Gasteiger partial charge is 0.188 e. The zero-order chi connectivity index (χ0) is 38.5. The largest absolute Gasteiger partial charge is 0.492 e. The van der Waals surface area contributed by atoms with Crippen LogP contribution in [0.25, 0.3) is 16.0 Å². The van der Waals surface area contributed by atoms with Crippen molar-refractivity contribution in [2.24, 2.45) is 5.92 Å². The Kier molecular flexibility index (Phi) is 12.2. The maximum atomic E-state index is 16.1. The van der Waals surface area contributed by atoms with E-state index in [9.17, 15) is 15.2 Å². The minimum Gasteiger partial charge on any atom is -0.492 e. The van der Waals surface area contributed by atoms with Gasteiger partial charge in [0, 0.05) is 68.2 Å². The number of carbonyl (C=O) groups excluding carboxylic acids is 1. The van der Waals surface area contributed by atoms with Crippen molar-refractivity contribution in [3.63, 3.8) is 0 Å². The van der Waals surface area contributed by atoms with Gasteiger partial charge in [-0.2, -0.15) is 5.26 Å². The average Bonchev–Trinajstić information content (AvgIpc) is 3.74. The summed E-state index contributed by atoms with van der Waals surface area (Å²) in [5, 5.41) is 23.2. The summed E-state index contributed by atoms with van der Waals surface area (Å²) >= 11 is 13.8. The third kappa shape index (κ3) is 9.07. The summed E-state index contributed by atoms with van der Waals surface area (Å²) in [6.45, 7) is 11.2. The summed E-state index contributed by atoms with van der Waals surface area (Å²) in [6, 6.07) is 21.6. The van der Waals surface area contributed by atoms with Crippen molar-refractivity contribution in [1.29, 1.82) is 5.26 Å². The predicted molar refractivity (Wildman–Crippen MR) is 209 cm³/mol. The van der Waals surface area contributed by atoms with Crippen LogP contribution in [0.3, 0.4) is 0 Å². The summed E-state index contributed by atoms with van der Waals surface area (Å²) in [7, 11) is 0. The van der Waals surface area contributed by atoms with E-state index in [1.54, 1.807) is 24.3 Å². The van der Waals surface area contributed by atoms with E-state index < -0.39 is 12.3 Å². The molecule has 0 radical (unpaired) electrons. The number of hydrogen-bond donors (Lipinski definition) is 2. The molecular formula is C43H41Cl2FN4O5. The first-order valence-corrected chi connectivity index (χ1v) is 19.3. The predicted octanol–water partition coefficient (Wildman–Crippen LogP) is 8.58. The molecule has 284 valence electrons. The van der Waals surface area contributed by atoms with Gasteiger partial charge in [-0.15, -0.1) is 0 Å². The Bertz CT molecular complexity index is 2110. The maximum absolute atomic E-state index is 16.1. The molecule has 3 atom stereocenters. The third-order valence-corrected chi connectivity index (χ3v) is 11.1. The van der Waals surface area contributed by atoms with Gasteiger partial charge in [0.05, 0.1) is 35.4 Å². The highest BCUT2D eigenvalue weighted by Crippen LogP contribution is 2.46. The number of fused-ring (bicyclic) bond motifs is 1. The van der Waals surface area contributed by atoms with E-state index >= 15 is 4.39 Å². The standard InChI is InChI=1S/C43H41Cl2FN4O5/c1-48-30-14-27(20-47)13-28(15-30)25-54-40-19-41(37(44)17-29(40)22-49-21-26-9-10-31(51)16-26)55-43-35-7-2-5-33(36(35)18-38(43)46)34-6-3-8-39(42(34)45)53-12-4-11-50-23-32(52)24-50/h2-3,5-8,13-15,17,19,26,32,38,43,49,52H,4,9-12,16,18,21-25H2/t26-,38+,43-/m1/s1.